The van der Waals surface area contributed by atoms with E-state index in [1.807, 2.05) is 30.3 Å². The number of hydrazine groups is 1. The number of carbonyl (C=O) groups excluding carboxylic acids is 2. The molecular weight excluding hydrogens is 348 g/mol. The molecule has 2 atom stereocenters. The van der Waals surface area contributed by atoms with Gasteiger partial charge in [-0.3, -0.25) is 9.59 Å². The van der Waals surface area contributed by atoms with Crippen molar-refractivity contribution < 1.29 is 9.59 Å². The second-order valence-corrected chi connectivity index (χ2v) is 7.73. The van der Waals surface area contributed by atoms with Crippen molar-refractivity contribution in [1.82, 2.24) is 21.5 Å². The monoisotopic (exact) mass is 372 g/mol. The normalized spacial score (nSPS) is 19.3. The van der Waals surface area contributed by atoms with Crippen molar-refractivity contribution in [2.45, 2.75) is 38.4 Å². The van der Waals surface area contributed by atoms with Crippen molar-refractivity contribution in [3.05, 3.63) is 57.8 Å². The summed E-state index contributed by atoms with van der Waals surface area (Å²) in [6, 6.07) is 14.0. The van der Waals surface area contributed by atoms with Gasteiger partial charge in [0.2, 0.25) is 11.8 Å². The third-order valence-electron chi connectivity index (χ3n) is 4.22. The standard InChI is InChI=1S/C19H24N4O2S/c1-13-7-8-16(26-13)15-12-17(23-22-15)21-18(24)9-10-20-19(25)11-14-5-3-2-4-6-14/h2-8,15,17,22-23H,9-12H2,1H3,(H,20,25)(H,21,24). The van der Waals surface area contributed by atoms with Crippen LogP contribution in [-0.4, -0.2) is 24.5 Å². The van der Waals surface area contributed by atoms with Gasteiger partial charge in [-0.15, -0.1) is 11.3 Å². The fraction of sp³-hybridized carbons (Fsp3) is 0.368. The van der Waals surface area contributed by atoms with Crippen molar-refractivity contribution in [1.29, 1.82) is 0 Å². The quantitative estimate of drug-likeness (QED) is 0.597. The van der Waals surface area contributed by atoms with Crippen LogP contribution in [0.4, 0.5) is 0 Å². The minimum atomic E-state index is -0.102. The lowest BCUT2D eigenvalue weighted by atomic mass is 10.1. The summed E-state index contributed by atoms with van der Waals surface area (Å²) in [6.45, 7) is 2.42. The summed E-state index contributed by atoms with van der Waals surface area (Å²) < 4.78 is 0. The molecule has 0 saturated carbocycles. The van der Waals surface area contributed by atoms with Gasteiger partial charge in [0.05, 0.1) is 18.6 Å². The second kappa shape index (κ2) is 8.93. The second-order valence-electron chi connectivity index (χ2n) is 6.41. The topological polar surface area (TPSA) is 82.3 Å². The molecule has 6 nitrogen and oxygen atoms in total. The van der Waals surface area contributed by atoms with Gasteiger partial charge in [-0.1, -0.05) is 30.3 Å². The zero-order valence-electron chi connectivity index (χ0n) is 14.7. The smallest absolute Gasteiger partial charge is 0.224 e. The van der Waals surface area contributed by atoms with Crippen molar-refractivity contribution in [3.8, 4) is 0 Å². The van der Waals surface area contributed by atoms with E-state index < -0.39 is 0 Å². The SMILES string of the molecule is Cc1ccc(C2CC(NC(=O)CCNC(=O)Cc3ccccc3)NN2)s1. The number of hydrogen-bond donors (Lipinski definition) is 4. The molecule has 1 aromatic heterocycles. The predicted molar refractivity (Wildman–Crippen MR) is 102 cm³/mol. The molecule has 1 fully saturated rings. The van der Waals surface area contributed by atoms with Crippen LogP contribution >= 0.6 is 11.3 Å². The highest BCUT2D eigenvalue weighted by atomic mass is 32.1. The van der Waals surface area contributed by atoms with E-state index in [9.17, 15) is 9.59 Å². The molecule has 138 valence electrons. The van der Waals surface area contributed by atoms with Crippen LogP contribution in [0.5, 0.6) is 0 Å². The first kappa shape index (κ1) is 18.6. The molecule has 1 aromatic carbocycles. The van der Waals surface area contributed by atoms with Crippen LogP contribution in [0.25, 0.3) is 0 Å². The lowest BCUT2D eigenvalue weighted by molar-refractivity contribution is -0.122. The fourth-order valence-corrected chi connectivity index (χ4v) is 3.84. The van der Waals surface area contributed by atoms with E-state index >= 15 is 0 Å². The van der Waals surface area contributed by atoms with Crippen LogP contribution in [0.3, 0.4) is 0 Å². The zero-order chi connectivity index (χ0) is 18.4. The summed E-state index contributed by atoms with van der Waals surface area (Å²) in [5.74, 6) is -0.148. The fourth-order valence-electron chi connectivity index (χ4n) is 2.90. The number of thiophene rings is 1. The number of aryl methyl sites for hydroxylation is 1. The molecule has 1 aliphatic rings. The maximum absolute atomic E-state index is 12.1. The van der Waals surface area contributed by atoms with Crippen molar-refractivity contribution in [3.63, 3.8) is 0 Å². The van der Waals surface area contributed by atoms with E-state index in [0.717, 1.165) is 12.0 Å². The molecule has 0 bridgehead atoms. The summed E-state index contributed by atoms with van der Waals surface area (Å²) in [7, 11) is 0. The average Bonchev–Trinajstić information content (AvgIpc) is 3.24. The highest BCUT2D eigenvalue weighted by Gasteiger charge is 2.26. The van der Waals surface area contributed by atoms with E-state index in [0.29, 0.717) is 13.0 Å². The predicted octanol–water partition coefficient (Wildman–Crippen LogP) is 1.79. The number of nitrogens with one attached hydrogen (secondary N) is 4. The molecule has 0 aliphatic carbocycles. The summed E-state index contributed by atoms with van der Waals surface area (Å²) >= 11 is 1.76. The molecule has 3 rings (SSSR count). The Kier molecular flexibility index (Phi) is 6.38. The van der Waals surface area contributed by atoms with Gasteiger partial charge >= 0.3 is 0 Å². The molecule has 1 saturated heterocycles. The molecule has 1 aliphatic heterocycles. The first-order valence-electron chi connectivity index (χ1n) is 8.77. The van der Waals surface area contributed by atoms with Crippen LogP contribution in [0, 0.1) is 6.92 Å². The van der Waals surface area contributed by atoms with E-state index in [1.54, 1.807) is 11.3 Å². The molecule has 26 heavy (non-hydrogen) atoms. The minimum Gasteiger partial charge on any atom is -0.355 e. The number of hydrogen-bond acceptors (Lipinski definition) is 5. The molecule has 2 aromatic rings. The Hall–Kier alpha value is -2.22. The Morgan fingerprint density at radius 3 is 2.65 bits per heavy atom. The average molecular weight is 372 g/mol. The molecule has 2 amide bonds. The Bertz CT molecular complexity index is 747. The summed E-state index contributed by atoms with van der Waals surface area (Å²) in [5.41, 5.74) is 7.30. The molecule has 4 N–H and O–H groups in total. The van der Waals surface area contributed by atoms with E-state index in [-0.39, 0.29) is 30.4 Å². The Balaban J connectivity index is 1.34. The molecule has 2 unspecified atom stereocenters. The van der Waals surface area contributed by atoms with Crippen LogP contribution in [-0.2, 0) is 16.0 Å². The van der Waals surface area contributed by atoms with Gasteiger partial charge in [0.15, 0.2) is 0 Å². The first-order chi connectivity index (χ1) is 12.6. The molecule has 2 heterocycles. The molecule has 0 spiro atoms. The third-order valence-corrected chi connectivity index (χ3v) is 5.34. The van der Waals surface area contributed by atoms with E-state index in [2.05, 4.69) is 40.5 Å². The van der Waals surface area contributed by atoms with Gasteiger partial charge in [-0.05, 0) is 24.6 Å². The number of rotatable bonds is 7. The van der Waals surface area contributed by atoms with Crippen molar-refractivity contribution >= 4 is 23.2 Å². The van der Waals surface area contributed by atoms with Gasteiger partial charge in [-0.2, -0.15) is 0 Å². The van der Waals surface area contributed by atoms with Crippen molar-refractivity contribution in [2.75, 3.05) is 6.54 Å². The Morgan fingerprint density at radius 2 is 1.92 bits per heavy atom. The number of benzene rings is 1. The van der Waals surface area contributed by atoms with Crippen LogP contribution in [0.2, 0.25) is 0 Å². The first-order valence-corrected chi connectivity index (χ1v) is 9.59. The number of carbonyl (C=O) groups is 2. The maximum atomic E-state index is 12.1. The molecule has 7 heteroatoms. The largest absolute Gasteiger partial charge is 0.355 e. The lowest BCUT2D eigenvalue weighted by Gasteiger charge is -2.12. The zero-order valence-corrected chi connectivity index (χ0v) is 15.6. The van der Waals surface area contributed by atoms with Crippen molar-refractivity contribution in [2.24, 2.45) is 0 Å². The van der Waals surface area contributed by atoms with Gasteiger partial charge in [0.25, 0.3) is 0 Å². The van der Waals surface area contributed by atoms with E-state index in [4.69, 9.17) is 0 Å². The highest BCUT2D eigenvalue weighted by molar-refractivity contribution is 7.12. The molecule has 0 radical (unpaired) electrons. The Morgan fingerprint density at radius 1 is 1.12 bits per heavy atom. The van der Waals surface area contributed by atoms with Gasteiger partial charge in [0, 0.05) is 29.1 Å². The van der Waals surface area contributed by atoms with Crippen LogP contribution < -0.4 is 21.5 Å². The summed E-state index contributed by atoms with van der Waals surface area (Å²) in [4.78, 5) is 26.5. The lowest BCUT2D eigenvalue weighted by Crippen LogP contribution is -2.45. The maximum Gasteiger partial charge on any atom is 0.224 e. The molecular formula is C19H24N4O2S. The van der Waals surface area contributed by atoms with Gasteiger partial charge < -0.3 is 10.6 Å². The van der Waals surface area contributed by atoms with Crippen LogP contribution in [0.1, 0.15) is 34.2 Å². The highest BCUT2D eigenvalue weighted by Crippen LogP contribution is 2.27. The van der Waals surface area contributed by atoms with Crippen LogP contribution in [0.15, 0.2) is 42.5 Å². The summed E-state index contributed by atoms with van der Waals surface area (Å²) in [6.07, 6.45) is 1.29. The third kappa shape index (κ3) is 5.39. The van der Waals surface area contributed by atoms with E-state index in [1.165, 1.54) is 9.75 Å². The summed E-state index contributed by atoms with van der Waals surface area (Å²) in [5, 5.41) is 5.74. The minimum absolute atomic E-state index is 0.0715. The number of amides is 2. The van der Waals surface area contributed by atoms with Gasteiger partial charge in [0.1, 0.15) is 0 Å². The van der Waals surface area contributed by atoms with Gasteiger partial charge in [-0.25, -0.2) is 10.9 Å². The Labute approximate surface area is 157 Å².